The minimum atomic E-state index is -0.462. The van der Waals surface area contributed by atoms with Crippen LogP contribution in [0.25, 0.3) is 0 Å². The van der Waals surface area contributed by atoms with E-state index in [0.29, 0.717) is 22.3 Å². The zero-order chi connectivity index (χ0) is 15.6. The Labute approximate surface area is 127 Å². The first-order chi connectivity index (χ1) is 9.92. The molecule has 0 atom stereocenters. The lowest BCUT2D eigenvalue weighted by Gasteiger charge is -2.11. The summed E-state index contributed by atoms with van der Waals surface area (Å²) in [5.41, 5.74) is 9.14. The van der Waals surface area contributed by atoms with Gasteiger partial charge in [0.15, 0.2) is 16.7 Å². The van der Waals surface area contributed by atoms with Crippen LogP contribution in [-0.4, -0.2) is 16.6 Å². The Morgan fingerprint density at radius 2 is 1.81 bits per heavy atom. The van der Waals surface area contributed by atoms with Crippen molar-refractivity contribution in [3.05, 3.63) is 34.9 Å². The Hall–Kier alpha value is -1.82. The molecule has 0 bridgehead atoms. The van der Waals surface area contributed by atoms with E-state index in [1.807, 2.05) is 20.8 Å². The first kappa shape index (κ1) is 15.6. The molecule has 21 heavy (non-hydrogen) atoms. The highest BCUT2D eigenvalue weighted by Crippen LogP contribution is 2.35. The van der Waals surface area contributed by atoms with Crippen LogP contribution in [0.4, 0.5) is 10.1 Å². The fraction of sp³-hybridized carbons (Fsp3) is 0.333. The van der Waals surface area contributed by atoms with E-state index in [4.69, 9.17) is 10.5 Å². The second kappa shape index (κ2) is 6.30. The van der Waals surface area contributed by atoms with Gasteiger partial charge >= 0.3 is 0 Å². The van der Waals surface area contributed by atoms with Gasteiger partial charge in [0.25, 0.3) is 0 Å². The predicted molar refractivity (Wildman–Crippen MR) is 82.3 cm³/mol. The van der Waals surface area contributed by atoms with E-state index in [2.05, 4.69) is 9.97 Å². The molecule has 0 spiro atoms. The SMILES string of the molecule is CCOc1cc(Sc2nc(C)c(C)c(C)n2)c(N)cc1F. The lowest BCUT2D eigenvalue weighted by atomic mass is 10.2. The molecule has 6 heteroatoms. The van der Waals surface area contributed by atoms with Crippen LogP contribution in [0.5, 0.6) is 5.75 Å². The normalized spacial score (nSPS) is 10.7. The van der Waals surface area contributed by atoms with E-state index in [0.717, 1.165) is 17.0 Å². The van der Waals surface area contributed by atoms with Gasteiger partial charge in [-0.05, 0) is 51.1 Å². The van der Waals surface area contributed by atoms with Crippen molar-refractivity contribution in [2.45, 2.75) is 37.7 Å². The fourth-order valence-corrected chi connectivity index (χ4v) is 2.69. The second-order valence-electron chi connectivity index (χ2n) is 4.66. The van der Waals surface area contributed by atoms with E-state index in [9.17, 15) is 4.39 Å². The highest BCUT2D eigenvalue weighted by molar-refractivity contribution is 7.99. The van der Waals surface area contributed by atoms with E-state index in [-0.39, 0.29) is 5.75 Å². The van der Waals surface area contributed by atoms with Crippen molar-refractivity contribution >= 4 is 17.4 Å². The first-order valence-electron chi connectivity index (χ1n) is 6.63. The zero-order valence-electron chi connectivity index (χ0n) is 12.5. The number of nitrogens with two attached hydrogens (primary N) is 1. The molecule has 0 saturated heterocycles. The summed E-state index contributed by atoms with van der Waals surface area (Å²) in [4.78, 5) is 9.54. The molecule has 0 aliphatic rings. The predicted octanol–water partition coefficient (Wildman–Crippen LogP) is 3.67. The van der Waals surface area contributed by atoms with Crippen LogP contribution in [0.15, 0.2) is 22.2 Å². The van der Waals surface area contributed by atoms with Gasteiger partial charge in [0, 0.05) is 28.0 Å². The Balaban J connectivity index is 2.37. The number of benzene rings is 1. The summed E-state index contributed by atoms with van der Waals surface area (Å²) >= 11 is 1.31. The molecule has 4 nitrogen and oxygen atoms in total. The highest BCUT2D eigenvalue weighted by atomic mass is 32.2. The van der Waals surface area contributed by atoms with Crippen LogP contribution < -0.4 is 10.5 Å². The van der Waals surface area contributed by atoms with E-state index in [1.54, 1.807) is 13.0 Å². The summed E-state index contributed by atoms with van der Waals surface area (Å²) < 4.78 is 18.9. The third-order valence-electron chi connectivity index (χ3n) is 3.18. The number of rotatable bonds is 4. The molecule has 1 aromatic heterocycles. The third kappa shape index (κ3) is 3.44. The number of nitrogens with zero attached hydrogens (tertiary/aromatic N) is 2. The van der Waals surface area contributed by atoms with Crippen molar-refractivity contribution < 1.29 is 9.13 Å². The van der Waals surface area contributed by atoms with E-state index < -0.39 is 5.82 Å². The van der Waals surface area contributed by atoms with Crippen LogP contribution in [-0.2, 0) is 0 Å². The van der Waals surface area contributed by atoms with Crippen molar-refractivity contribution in [1.29, 1.82) is 0 Å². The average Bonchev–Trinajstić information content (AvgIpc) is 2.41. The number of ether oxygens (including phenoxy) is 1. The number of aromatic nitrogens is 2. The number of aryl methyl sites for hydroxylation is 2. The lowest BCUT2D eigenvalue weighted by Crippen LogP contribution is -2.00. The molecule has 2 N–H and O–H groups in total. The Bertz CT molecular complexity index is 653. The smallest absolute Gasteiger partial charge is 0.192 e. The van der Waals surface area contributed by atoms with Crippen LogP contribution >= 0.6 is 11.8 Å². The largest absolute Gasteiger partial charge is 0.491 e. The number of nitrogen functional groups attached to an aromatic ring is 1. The van der Waals surface area contributed by atoms with Crippen molar-refractivity contribution in [2.75, 3.05) is 12.3 Å². The summed E-state index contributed by atoms with van der Waals surface area (Å²) in [5, 5.41) is 0.594. The summed E-state index contributed by atoms with van der Waals surface area (Å²) in [6, 6.07) is 2.86. The van der Waals surface area contributed by atoms with Gasteiger partial charge in [0.2, 0.25) is 0 Å². The van der Waals surface area contributed by atoms with Crippen LogP contribution in [0.1, 0.15) is 23.9 Å². The lowest BCUT2D eigenvalue weighted by molar-refractivity contribution is 0.321. The van der Waals surface area contributed by atoms with Crippen molar-refractivity contribution in [3.8, 4) is 5.75 Å². The molecule has 2 aromatic rings. The molecular weight excluding hydrogens is 289 g/mol. The molecule has 0 fully saturated rings. The summed E-state index contributed by atoms with van der Waals surface area (Å²) in [5.74, 6) is -0.273. The monoisotopic (exact) mass is 307 g/mol. The number of halogens is 1. The average molecular weight is 307 g/mol. The van der Waals surface area contributed by atoms with Crippen molar-refractivity contribution in [1.82, 2.24) is 9.97 Å². The quantitative estimate of drug-likeness (QED) is 0.690. The van der Waals surface area contributed by atoms with E-state index in [1.165, 1.54) is 17.8 Å². The fourth-order valence-electron chi connectivity index (χ4n) is 1.79. The summed E-state index contributed by atoms with van der Waals surface area (Å²) in [6.45, 7) is 8.06. The molecule has 0 saturated carbocycles. The number of hydrogen-bond donors (Lipinski definition) is 1. The molecule has 0 aliphatic heterocycles. The molecule has 112 valence electrons. The third-order valence-corrected chi connectivity index (χ3v) is 4.12. The maximum Gasteiger partial charge on any atom is 0.192 e. The topological polar surface area (TPSA) is 61.0 Å². The molecule has 1 aromatic carbocycles. The molecule has 0 aliphatic carbocycles. The van der Waals surface area contributed by atoms with Gasteiger partial charge in [-0.2, -0.15) is 0 Å². The maximum absolute atomic E-state index is 13.7. The minimum absolute atomic E-state index is 0.190. The Morgan fingerprint density at radius 1 is 1.19 bits per heavy atom. The van der Waals surface area contributed by atoms with Gasteiger partial charge in [-0.3, -0.25) is 0 Å². The molecule has 1 heterocycles. The Morgan fingerprint density at radius 3 is 2.38 bits per heavy atom. The number of hydrogen-bond acceptors (Lipinski definition) is 5. The van der Waals surface area contributed by atoms with Gasteiger partial charge in [-0.1, -0.05) is 0 Å². The standard InChI is InChI=1S/C15H18FN3OS/c1-5-20-13-7-14(12(17)6-11(13)16)21-15-18-9(3)8(2)10(4)19-15/h6-7H,5,17H2,1-4H3. The van der Waals surface area contributed by atoms with Crippen LogP contribution in [0, 0.1) is 26.6 Å². The maximum atomic E-state index is 13.7. The van der Waals surface area contributed by atoms with Crippen molar-refractivity contribution in [2.24, 2.45) is 0 Å². The Kier molecular flexibility index (Phi) is 4.67. The van der Waals surface area contributed by atoms with Gasteiger partial charge in [0.05, 0.1) is 6.61 Å². The molecule has 0 amide bonds. The highest BCUT2D eigenvalue weighted by Gasteiger charge is 2.13. The minimum Gasteiger partial charge on any atom is -0.491 e. The zero-order valence-corrected chi connectivity index (χ0v) is 13.3. The van der Waals surface area contributed by atoms with Gasteiger partial charge < -0.3 is 10.5 Å². The summed E-state index contributed by atoms with van der Waals surface area (Å²) in [7, 11) is 0. The van der Waals surface area contributed by atoms with Gasteiger partial charge in [-0.25, -0.2) is 14.4 Å². The van der Waals surface area contributed by atoms with Gasteiger partial charge in [0.1, 0.15) is 0 Å². The summed E-state index contributed by atoms with van der Waals surface area (Å²) in [6.07, 6.45) is 0. The molecule has 0 radical (unpaired) electrons. The molecule has 0 unspecified atom stereocenters. The number of anilines is 1. The van der Waals surface area contributed by atoms with Crippen molar-refractivity contribution in [3.63, 3.8) is 0 Å². The molecule has 2 rings (SSSR count). The molecular formula is C15H18FN3OS. The van der Waals surface area contributed by atoms with Crippen LogP contribution in [0.3, 0.4) is 0 Å². The van der Waals surface area contributed by atoms with Gasteiger partial charge in [-0.15, -0.1) is 0 Å². The van der Waals surface area contributed by atoms with E-state index >= 15 is 0 Å². The second-order valence-corrected chi connectivity index (χ2v) is 5.67. The first-order valence-corrected chi connectivity index (χ1v) is 7.45. The van der Waals surface area contributed by atoms with Crippen LogP contribution in [0.2, 0.25) is 0 Å².